The molecule has 0 spiro atoms. The van der Waals surface area contributed by atoms with Gasteiger partial charge in [0.25, 0.3) is 0 Å². The zero-order chi connectivity index (χ0) is 72.2. The summed E-state index contributed by atoms with van der Waals surface area (Å²) in [7, 11) is 0. The summed E-state index contributed by atoms with van der Waals surface area (Å²) >= 11 is 0. The lowest BCUT2D eigenvalue weighted by Gasteiger charge is -2.46. The molecule has 12 unspecified atom stereocenters. The third-order valence-corrected chi connectivity index (χ3v) is 20.1. The van der Waals surface area contributed by atoms with Gasteiger partial charge in [0.2, 0.25) is 5.91 Å². The van der Waals surface area contributed by atoms with Crippen molar-refractivity contribution < 1.29 is 64.6 Å². The van der Waals surface area contributed by atoms with E-state index >= 15 is 0 Å². The molecule has 0 aliphatic carbocycles. The second-order valence-electron chi connectivity index (χ2n) is 29.2. The van der Waals surface area contributed by atoms with Gasteiger partial charge in [-0.25, -0.2) is 0 Å². The molecule has 9 N–H and O–H groups in total. The quantitative estimate of drug-likeness (QED) is 0.0204. The Labute approximate surface area is 611 Å². The summed E-state index contributed by atoms with van der Waals surface area (Å²) in [6.45, 7) is 2.80. The van der Waals surface area contributed by atoms with Crippen LogP contribution in [0.4, 0.5) is 0 Å². The lowest BCUT2D eigenvalue weighted by atomic mass is 9.97. The van der Waals surface area contributed by atoms with E-state index in [0.717, 1.165) is 96.3 Å². The lowest BCUT2D eigenvalue weighted by Crippen LogP contribution is -2.65. The number of allylic oxidation sites excluding steroid dienone is 14. The number of ether oxygens (including phenoxy) is 4. The fraction of sp³-hybridized carbons (Fsp3) is 0.826. The third kappa shape index (κ3) is 51.4. The minimum absolute atomic E-state index is 0.202. The summed E-state index contributed by atoms with van der Waals surface area (Å²) in [5.41, 5.74) is 0. The standard InChI is InChI=1S/C86H155NO13/c1-3-5-7-9-11-13-15-17-19-21-23-25-27-29-31-32-33-34-35-36-37-38-39-40-41-42-44-46-48-50-52-54-56-58-60-62-64-66-68-70-78(91)87-74(73-97-85-83(96)81(94)84(77(72-89)99-85)100-86-82(95)80(93)79(92)76(71-88)98-86)75(90)69-67-65-63-61-59-57-55-53-51-49-47-45-43-30-28-26-24-22-20-18-16-14-12-10-8-6-4-2/h5,7,11,13,17,19,23,25,29,31,33-34,36-37,74-77,79-86,88-90,92-96H,3-4,6,8-10,12,14-16,18,20-22,24,26-28,30,32,35,38-73H2,1-2H3,(H,87,91)/b7-5-,13-11-,19-17-,25-23-,31-29-,34-33-,37-36-. The molecule has 2 aliphatic rings. The SMILES string of the molecule is CC/C=C\C/C=C\C/C=C\C/C=C\C/C=C\C/C=C\C/C=C\CCCCCCCCCCCCCCCCCCCC(=O)NC(COC1OC(CO)C(OC2OC(CO)C(O)C(O)C2O)C(O)C1O)C(O)CCCCCCCCCCCCCCCCCCCCCCCCCCCCC. The monoisotopic (exact) mass is 1410 g/mol. The molecule has 0 radical (unpaired) electrons. The molecule has 0 aromatic rings. The van der Waals surface area contributed by atoms with Gasteiger partial charge in [0, 0.05) is 6.42 Å². The van der Waals surface area contributed by atoms with E-state index in [-0.39, 0.29) is 12.5 Å². The number of rotatable bonds is 70. The molecule has 0 aromatic heterocycles. The fourth-order valence-corrected chi connectivity index (χ4v) is 13.6. The van der Waals surface area contributed by atoms with E-state index in [1.54, 1.807) is 0 Å². The van der Waals surface area contributed by atoms with Crippen LogP contribution in [-0.4, -0.2) is 140 Å². The maximum atomic E-state index is 13.4. The molecule has 2 heterocycles. The van der Waals surface area contributed by atoms with Gasteiger partial charge in [-0.3, -0.25) is 4.79 Å². The average Bonchev–Trinajstić information content (AvgIpc) is 0.796. The summed E-state index contributed by atoms with van der Waals surface area (Å²) in [5, 5.41) is 87.9. The Morgan fingerprint density at radius 2 is 0.690 bits per heavy atom. The molecule has 14 heteroatoms. The molecule has 0 aromatic carbocycles. The Hall–Kier alpha value is -2.83. The van der Waals surface area contributed by atoms with Gasteiger partial charge in [-0.15, -0.1) is 0 Å². The van der Waals surface area contributed by atoms with Gasteiger partial charge in [0.05, 0.1) is 32.0 Å². The number of hydrogen-bond acceptors (Lipinski definition) is 13. The van der Waals surface area contributed by atoms with Crippen LogP contribution < -0.4 is 5.32 Å². The number of amides is 1. The van der Waals surface area contributed by atoms with Crippen LogP contribution in [0.1, 0.15) is 361 Å². The van der Waals surface area contributed by atoms with E-state index in [1.165, 1.54) is 238 Å². The molecule has 100 heavy (non-hydrogen) atoms. The van der Waals surface area contributed by atoms with Crippen LogP contribution in [-0.2, 0) is 23.7 Å². The minimum atomic E-state index is -1.79. The Bertz CT molecular complexity index is 2010. The summed E-state index contributed by atoms with van der Waals surface area (Å²) < 4.78 is 23.0. The molecule has 14 nitrogen and oxygen atoms in total. The van der Waals surface area contributed by atoms with E-state index < -0.39 is 86.8 Å². The Balaban J connectivity index is 1.58. The van der Waals surface area contributed by atoms with Gasteiger partial charge in [0.15, 0.2) is 12.6 Å². The van der Waals surface area contributed by atoms with Crippen LogP contribution in [0.25, 0.3) is 0 Å². The number of aliphatic hydroxyl groups excluding tert-OH is 8. The maximum absolute atomic E-state index is 13.4. The molecule has 12 atom stereocenters. The second-order valence-corrected chi connectivity index (χ2v) is 29.2. The molecule has 582 valence electrons. The predicted molar refractivity (Wildman–Crippen MR) is 415 cm³/mol. The molecule has 2 fully saturated rings. The van der Waals surface area contributed by atoms with Crippen molar-refractivity contribution in [1.29, 1.82) is 0 Å². The van der Waals surface area contributed by atoms with Crippen molar-refractivity contribution in [3.05, 3.63) is 85.1 Å². The number of carbonyl (C=O) groups excluding carboxylic acids is 1. The van der Waals surface area contributed by atoms with Crippen molar-refractivity contribution in [2.24, 2.45) is 0 Å². The first kappa shape index (κ1) is 93.3. The van der Waals surface area contributed by atoms with Crippen molar-refractivity contribution in [2.75, 3.05) is 19.8 Å². The van der Waals surface area contributed by atoms with Crippen molar-refractivity contribution in [3.63, 3.8) is 0 Å². The van der Waals surface area contributed by atoms with Gasteiger partial charge >= 0.3 is 0 Å². The summed E-state index contributed by atoms with van der Waals surface area (Å²) in [6, 6.07) is -0.833. The summed E-state index contributed by atoms with van der Waals surface area (Å²) in [5.74, 6) is -0.202. The zero-order valence-electron chi connectivity index (χ0n) is 63.9. The third-order valence-electron chi connectivity index (χ3n) is 20.1. The molecular weight excluding hydrogens is 1250 g/mol. The van der Waals surface area contributed by atoms with Crippen molar-refractivity contribution in [2.45, 2.75) is 434 Å². The highest BCUT2D eigenvalue weighted by Gasteiger charge is 2.51. The Morgan fingerprint density at radius 1 is 0.370 bits per heavy atom. The van der Waals surface area contributed by atoms with Crippen LogP contribution in [0.3, 0.4) is 0 Å². The zero-order valence-corrected chi connectivity index (χ0v) is 63.9. The van der Waals surface area contributed by atoms with Gasteiger partial charge in [-0.2, -0.15) is 0 Å². The molecule has 2 aliphatic heterocycles. The summed E-state index contributed by atoms with van der Waals surface area (Å²) in [6.07, 6.45) is 80.5. The first-order chi connectivity index (χ1) is 49.1. The molecule has 2 saturated heterocycles. The second kappa shape index (κ2) is 69.2. The maximum Gasteiger partial charge on any atom is 0.220 e. The molecule has 2 rings (SSSR count). The number of hydrogen-bond donors (Lipinski definition) is 9. The Kier molecular flexibility index (Phi) is 64.6. The number of nitrogens with one attached hydrogen (secondary N) is 1. The van der Waals surface area contributed by atoms with Gasteiger partial charge in [-0.1, -0.05) is 369 Å². The van der Waals surface area contributed by atoms with Crippen LogP contribution in [0.5, 0.6) is 0 Å². The highest BCUT2D eigenvalue weighted by molar-refractivity contribution is 5.76. The van der Waals surface area contributed by atoms with E-state index in [1.807, 2.05) is 0 Å². The molecule has 0 saturated carbocycles. The Morgan fingerprint density at radius 3 is 1.06 bits per heavy atom. The van der Waals surface area contributed by atoms with Gasteiger partial charge in [0.1, 0.15) is 48.8 Å². The van der Waals surface area contributed by atoms with E-state index in [4.69, 9.17) is 18.9 Å². The highest BCUT2D eigenvalue weighted by Crippen LogP contribution is 2.30. The molecule has 1 amide bonds. The van der Waals surface area contributed by atoms with Gasteiger partial charge < -0.3 is 65.1 Å². The smallest absolute Gasteiger partial charge is 0.220 e. The fourth-order valence-electron chi connectivity index (χ4n) is 13.6. The van der Waals surface area contributed by atoms with Crippen molar-refractivity contribution in [3.8, 4) is 0 Å². The number of unbranched alkanes of at least 4 members (excludes halogenated alkanes) is 43. The number of carbonyl (C=O) groups is 1. The highest BCUT2D eigenvalue weighted by atomic mass is 16.7. The van der Waals surface area contributed by atoms with E-state index in [2.05, 4.69) is 104 Å². The molecular formula is C86H155NO13. The van der Waals surface area contributed by atoms with E-state index in [9.17, 15) is 45.6 Å². The van der Waals surface area contributed by atoms with Crippen LogP contribution in [0.2, 0.25) is 0 Å². The first-order valence-corrected chi connectivity index (χ1v) is 41.8. The number of aliphatic hydroxyl groups is 8. The van der Waals surface area contributed by atoms with Crippen molar-refractivity contribution >= 4 is 5.91 Å². The molecule has 0 bridgehead atoms. The van der Waals surface area contributed by atoms with Crippen LogP contribution in [0, 0.1) is 0 Å². The lowest BCUT2D eigenvalue weighted by molar-refractivity contribution is -0.359. The van der Waals surface area contributed by atoms with Crippen molar-refractivity contribution in [1.82, 2.24) is 5.32 Å². The predicted octanol–water partition coefficient (Wildman–Crippen LogP) is 19.5. The minimum Gasteiger partial charge on any atom is -0.394 e. The average molecular weight is 1410 g/mol. The van der Waals surface area contributed by atoms with E-state index in [0.29, 0.717) is 12.8 Å². The topological polar surface area (TPSA) is 228 Å². The summed E-state index contributed by atoms with van der Waals surface area (Å²) in [4.78, 5) is 13.4. The van der Waals surface area contributed by atoms with Gasteiger partial charge in [-0.05, 0) is 70.6 Å². The van der Waals surface area contributed by atoms with Crippen LogP contribution in [0.15, 0.2) is 85.1 Å². The largest absolute Gasteiger partial charge is 0.394 e. The van der Waals surface area contributed by atoms with Crippen LogP contribution >= 0.6 is 0 Å². The normalized spacial score (nSPS) is 22.3. The first-order valence-electron chi connectivity index (χ1n) is 41.8.